The average Bonchev–Trinajstić information content (AvgIpc) is 3.15. The molecule has 0 aliphatic rings. The number of amides is 1. The third kappa shape index (κ3) is 4.60. The first-order valence-corrected chi connectivity index (χ1v) is 9.42. The molecule has 1 unspecified atom stereocenters. The van der Waals surface area contributed by atoms with Gasteiger partial charge in [-0.3, -0.25) is 4.79 Å². The zero-order valence-electron chi connectivity index (χ0n) is 15.4. The summed E-state index contributed by atoms with van der Waals surface area (Å²) in [6, 6.07) is 15.4. The lowest BCUT2D eigenvalue weighted by Crippen LogP contribution is -2.30. The van der Waals surface area contributed by atoms with Crippen LogP contribution in [0.5, 0.6) is 0 Å². The zero-order chi connectivity index (χ0) is 19.4. The van der Waals surface area contributed by atoms with Crippen LogP contribution in [0.15, 0.2) is 53.9 Å². The van der Waals surface area contributed by atoms with Crippen LogP contribution in [-0.4, -0.2) is 23.0 Å². The number of esters is 1. The minimum Gasteiger partial charge on any atom is -0.448 e. The molecule has 3 aromatic rings. The standard InChI is InChI=1S/C21H20N2O3S/c1-13-9-10-14(2)17(11-13)22-19(24)15(3)26-21(25)18-12-27-20(23-18)16-7-5-4-6-8-16/h4-12,15H,1-3H3,(H,22,24). The van der Waals surface area contributed by atoms with E-state index >= 15 is 0 Å². The van der Waals surface area contributed by atoms with E-state index in [9.17, 15) is 9.59 Å². The normalized spacial score (nSPS) is 11.7. The highest BCUT2D eigenvalue weighted by Crippen LogP contribution is 2.24. The molecule has 0 aliphatic carbocycles. The van der Waals surface area contributed by atoms with Gasteiger partial charge in [0.05, 0.1) is 0 Å². The van der Waals surface area contributed by atoms with E-state index in [1.165, 1.54) is 11.3 Å². The van der Waals surface area contributed by atoms with Crippen molar-refractivity contribution < 1.29 is 14.3 Å². The Morgan fingerprint density at radius 3 is 2.59 bits per heavy atom. The SMILES string of the molecule is Cc1ccc(C)c(NC(=O)C(C)OC(=O)c2csc(-c3ccccc3)n2)c1. The van der Waals surface area contributed by atoms with Crippen molar-refractivity contribution in [2.45, 2.75) is 26.9 Å². The largest absolute Gasteiger partial charge is 0.448 e. The number of ether oxygens (including phenoxy) is 1. The van der Waals surface area contributed by atoms with Crippen LogP contribution < -0.4 is 5.32 Å². The lowest BCUT2D eigenvalue weighted by atomic mass is 10.1. The van der Waals surface area contributed by atoms with Gasteiger partial charge in [-0.15, -0.1) is 11.3 Å². The molecule has 27 heavy (non-hydrogen) atoms. The second kappa shape index (κ2) is 8.14. The maximum Gasteiger partial charge on any atom is 0.358 e. The number of nitrogens with zero attached hydrogens (tertiary/aromatic N) is 1. The lowest BCUT2D eigenvalue weighted by molar-refractivity contribution is -0.123. The number of rotatable bonds is 5. The van der Waals surface area contributed by atoms with Crippen LogP contribution in [0.4, 0.5) is 5.69 Å². The van der Waals surface area contributed by atoms with Crippen LogP contribution in [0.1, 0.15) is 28.5 Å². The molecule has 2 aromatic carbocycles. The van der Waals surface area contributed by atoms with Gasteiger partial charge in [-0.2, -0.15) is 0 Å². The van der Waals surface area contributed by atoms with Crippen LogP contribution in [0.2, 0.25) is 0 Å². The van der Waals surface area contributed by atoms with Crippen LogP contribution in [-0.2, 0) is 9.53 Å². The molecule has 1 aromatic heterocycles. The predicted octanol–water partition coefficient (Wildman–Crippen LogP) is 4.61. The third-order valence-electron chi connectivity index (χ3n) is 4.04. The minimum absolute atomic E-state index is 0.199. The molecule has 0 radical (unpaired) electrons. The Bertz CT molecular complexity index is 967. The van der Waals surface area contributed by atoms with E-state index in [-0.39, 0.29) is 11.6 Å². The molecule has 6 heteroatoms. The van der Waals surface area contributed by atoms with Gasteiger partial charge in [0.1, 0.15) is 5.01 Å². The number of nitrogens with one attached hydrogen (secondary N) is 1. The van der Waals surface area contributed by atoms with Crippen LogP contribution in [0.3, 0.4) is 0 Å². The Hall–Kier alpha value is -2.99. The highest BCUT2D eigenvalue weighted by molar-refractivity contribution is 7.13. The maximum absolute atomic E-state index is 12.4. The summed E-state index contributed by atoms with van der Waals surface area (Å²) < 4.78 is 5.28. The van der Waals surface area contributed by atoms with Crippen LogP contribution in [0.25, 0.3) is 10.6 Å². The third-order valence-corrected chi connectivity index (χ3v) is 4.93. The predicted molar refractivity (Wildman–Crippen MR) is 107 cm³/mol. The molecule has 5 nitrogen and oxygen atoms in total. The smallest absolute Gasteiger partial charge is 0.358 e. The summed E-state index contributed by atoms with van der Waals surface area (Å²) in [5, 5.41) is 5.18. The first-order chi connectivity index (χ1) is 12.9. The highest BCUT2D eigenvalue weighted by atomic mass is 32.1. The summed E-state index contributed by atoms with van der Waals surface area (Å²) in [6.45, 7) is 5.40. The molecular formula is C21H20N2O3S. The van der Waals surface area contributed by atoms with Crippen molar-refractivity contribution in [1.29, 1.82) is 0 Å². The van der Waals surface area contributed by atoms with E-state index in [4.69, 9.17) is 4.74 Å². The van der Waals surface area contributed by atoms with Crippen molar-refractivity contribution in [2.24, 2.45) is 0 Å². The molecule has 1 atom stereocenters. The first-order valence-electron chi connectivity index (χ1n) is 8.54. The Morgan fingerprint density at radius 2 is 1.85 bits per heavy atom. The van der Waals surface area contributed by atoms with Gasteiger partial charge in [0.25, 0.3) is 5.91 Å². The monoisotopic (exact) mass is 380 g/mol. The summed E-state index contributed by atoms with van der Waals surface area (Å²) in [6.07, 6.45) is -0.931. The summed E-state index contributed by atoms with van der Waals surface area (Å²) in [4.78, 5) is 29.0. The minimum atomic E-state index is -0.931. The fourth-order valence-electron chi connectivity index (χ4n) is 2.46. The van der Waals surface area contributed by atoms with Gasteiger partial charge >= 0.3 is 5.97 Å². The van der Waals surface area contributed by atoms with Gasteiger partial charge < -0.3 is 10.1 Å². The quantitative estimate of drug-likeness (QED) is 0.656. The second-order valence-corrected chi connectivity index (χ2v) is 7.12. The number of carbonyl (C=O) groups excluding carboxylic acids is 2. The van der Waals surface area contributed by atoms with Gasteiger partial charge in [0.15, 0.2) is 11.8 Å². The molecule has 3 rings (SSSR count). The summed E-state index contributed by atoms with van der Waals surface area (Å²) in [5.41, 5.74) is 3.83. The number of aromatic nitrogens is 1. The molecule has 0 saturated carbocycles. The molecule has 0 aliphatic heterocycles. The number of thiazole rings is 1. The molecule has 0 saturated heterocycles. The molecule has 0 spiro atoms. The molecule has 1 heterocycles. The molecular weight excluding hydrogens is 360 g/mol. The van der Waals surface area contributed by atoms with Crippen molar-refractivity contribution in [3.05, 3.63) is 70.7 Å². The van der Waals surface area contributed by atoms with E-state index in [1.807, 2.05) is 62.4 Å². The van der Waals surface area contributed by atoms with E-state index < -0.39 is 12.1 Å². The number of hydrogen-bond donors (Lipinski definition) is 1. The zero-order valence-corrected chi connectivity index (χ0v) is 16.2. The molecule has 1 N–H and O–H groups in total. The van der Waals surface area contributed by atoms with Crippen molar-refractivity contribution in [3.8, 4) is 10.6 Å². The number of benzene rings is 2. The van der Waals surface area contributed by atoms with Gasteiger partial charge in [-0.25, -0.2) is 9.78 Å². The maximum atomic E-state index is 12.4. The summed E-state index contributed by atoms with van der Waals surface area (Å²) in [7, 11) is 0. The number of aryl methyl sites for hydroxylation is 2. The fourth-order valence-corrected chi connectivity index (χ4v) is 3.26. The van der Waals surface area contributed by atoms with Gasteiger partial charge in [0, 0.05) is 16.6 Å². The first kappa shape index (κ1) is 18.8. The van der Waals surface area contributed by atoms with Gasteiger partial charge in [-0.05, 0) is 38.0 Å². The average molecular weight is 380 g/mol. The highest BCUT2D eigenvalue weighted by Gasteiger charge is 2.21. The molecule has 138 valence electrons. The van der Waals surface area contributed by atoms with Gasteiger partial charge in [0.2, 0.25) is 0 Å². The molecule has 0 fully saturated rings. The fraction of sp³-hybridized carbons (Fsp3) is 0.190. The lowest BCUT2D eigenvalue weighted by Gasteiger charge is -2.14. The van der Waals surface area contributed by atoms with Crippen molar-refractivity contribution in [3.63, 3.8) is 0 Å². The van der Waals surface area contributed by atoms with Crippen molar-refractivity contribution in [2.75, 3.05) is 5.32 Å². The number of anilines is 1. The number of carbonyl (C=O) groups is 2. The van der Waals surface area contributed by atoms with E-state index in [2.05, 4.69) is 10.3 Å². The van der Waals surface area contributed by atoms with Crippen molar-refractivity contribution >= 4 is 28.9 Å². The van der Waals surface area contributed by atoms with Gasteiger partial charge in [-0.1, -0.05) is 42.5 Å². The molecule has 1 amide bonds. The van der Waals surface area contributed by atoms with Crippen LogP contribution in [0, 0.1) is 13.8 Å². The Kier molecular flexibility index (Phi) is 5.66. The summed E-state index contributed by atoms with van der Waals surface area (Å²) >= 11 is 1.36. The van der Waals surface area contributed by atoms with E-state index in [0.717, 1.165) is 21.7 Å². The Morgan fingerprint density at radius 1 is 1.11 bits per heavy atom. The topological polar surface area (TPSA) is 68.3 Å². The Labute approximate surface area is 162 Å². The van der Waals surface area contributed by atoms with Crippen molar-refractivity contribution in [1.82, 2.24) is 4.98 Å². The molecule has 0 bridgehead atoms. The van der Waals surface area contributed by atoms with Crippen LogP contribution >= 0.6 is 11.3 Å². The number of hydrogen-bond acceptors (Lipinski definition) is 5. The second-order valence-electron chi connectivity index (χ2n) is 6.26. The Balaban J connectivity index is 1.64. The summed E-state index contributed by atoms with van der Waals surface area (Å²) in [5.74, 6) is -0.993. The van der Waals surface area contributed by atoms with E-state index in [0.29, 0.717) is 5.69 Å². The van der Waals surface area contributed by atoms with E-state index in [1.54, 1.807) is 12.3 Å².